The summed E-state index contributed by atoms with van der Waals surface area (Å²) in [4.78, 5) is 12.5. The maximum absolute atomic E-state index is 12.5. The Morgan fingerprint density at radius 2 is 2.03 bits per heavy atom. The van der Waals surface area contributed by atoms with Crippen molar-refractivity contribution >= 4 is 17.7 Å². The normalized spacial score (nSPS) is 13.4. The van der Waals surface area contributed by atoms with Crippen molar-refractivity contribution in [3.05, 3.63) is 59.9 Å². The van der Waals surface area contributed by atoms with Crippen LogP contribution >= 0.6 is 0 Å². The molecule has 3 aromatic rings. The Morgan fingerprint density at radius 3 is 2.88 bits per heavy atom. The van der Waals surface area contributed by atoms with Crippen LogP contribution < -0.4 is 14.8 Å². The number of nitrogens with zero attached hydrogens (tertiary/aromatic N) is 3. The van der Waals surface area contributed by atoms with Gasteiger partial charge in [-0.1, -0.05) is 31.5 Å². The van der Waals surface area contributed by atoms with Gasteiger partial charge >= 0.3 is 0 Å². The SMILES string of the molecule is CCCOc1ccc(/C=C/C(=O)Nc2cccc(-c3nnc4n3CCCCC4)c2)cc1OC. The van der Waals surface area contributed by atoms with Crippen molar-refractivity contribution in [1.29, 1.82) is 0 Å². The molecule has 33 heavy (non-hydrogen) atoms. The van der Waals surface area contributed by atoms with Crippen molar-refractivity contribution < 1.29 is 14.3 Å². The molecule has 7 heteroatoms. The maximum Gasteiger partial charge on any atom is 0.248 e. The molecule has 0 aliphatic carbocycles. The summed E-state index contributed by atoms with van der Waals surface area (Å²) < 4.78 is 13.3. The average molecular weight is 447 g/mol. The topological polar surface area (TPSA) is 78.3 Å². The summed E-state index contributed by atoms with van der Waals surface area (Å²) in [5.41, 5.74) is 2.52. The fourth-order valence-electron chi connectivity index (χ4n) is 3.91. The van der Waals surface area contributed by atoms with Gasteiger partial charge in [0.2, 0.25) is 5.91 Å². The van der Waals surface area contributed by atoms with Gasteiger partial charge in [-0.3, -0.25) is 4.79 Å². The third kappa shape index (κ3) is 5.61. The third-order valence-corrected chi connectivity index (χ3v) is 5.57. The van der Waals surface area contributed by atoms with Crippen LogP contribution in [0.25, 0.3) is 17.5 Å². The lowest BCUT2D eigenvalue weighted by atomic mass is 10.1. The second-order valence-corrected chi connectivity index (χ2v) is 8.06. The Morgan fingerprint density at radius 1 is 1.12 bits per heavy atom. The van der Waals surface area contributed by atoms with Gasteiger partial charge in [-0.15, -0.1) is 10.2 Å². The number of aryl methyl sites for hydroxylation is 1. The lowest BCUT2D eigenvalue weighted by molar-refractivity contribution is -0.111. The monoisotopic (exact) mass is 446 g/mol. The van der Waals surface area contributed by atoms with Crippen LogP contribution in [-0.2, 0) is 17.8 Å². The number of benzene rings is 2. The van der Waals surface area contributed by atoms with Gasteiger partial charge in [0.15, 0.2) is 17.3 Å². The molecule has 1 N–H and O–H groups in total. The quantitative estimate of drug-likeness (QED) is 0.486. The Hall–Kier alpha value is -3.61. The molecule has 172 valence electrons. The zero-order chi connectivity index (χ0) is 23.0. The molecule has 0 fully saturated rings. The van der Waals surface area contributed by atoms with E-state index in [0.717, 1.165) is 55.0 Å². The summed E-state index contributed by atoms with van der Waals surface area (Å²) in [5.74, 6) is 3.03. The highest BCUT2D eigenvalue weighted by Gasteiger charge is 2.16. The highest BCUT2D eigenvalue weighted by Crippen LogP contribution is 2.29. The van der Waals surface area contributed by atoms with E-state index in [9.17, 15) is 4.79 Å². The minimum absolute atomic E-state index is 0.211. The van der Waals surface area contributed by atoms with Crippen molar-refractivity contribution in [3.63, 3.8) is 0 Å². The number of methoxy groups -OCH3 is 1. The third-order valence-electron chi connectivity index (χ3n) is 5.57. The van der Waals surface area contributed by atoms with Crippen LogP contribution in [0.3, 0.4) is 0 Å². The molecular formula is C26H30N4O3. The lowest BCUT2D eigenvalue weighted by Crippen LogP contribution is -2.08. The first-order chi connectivity index (χ1) is 16.2. The molecule has 0 bridgehead atoms. The zero-order valence-electron chi connectivity index (χ0n) is 19.2. The minimum atomic E-state index is -0.211. The number of hydrogen-bond acceptors (Lipinski definition) is 5. The molecule has 1 aromatic heterocycles. The summed E-state index contributed by atoms with van der Waals surface area (Å²) in [5, 5.41) is 11.7. The number of nitrogens with one attached hydrogen (secondary N) is 1. The molecule has 4 rings (SSSR count). The van der Waals surface area contributed by atoms with E-state index in [2.05, 4.69) is 27.0 Å². The van der Waals surface area contributed by atoms with Crippen molar-refractivity contribution in [2.24, 2.45) is 0 Å². The van der Waals surface area contributed by atoms with Crippen LogP contribution in [0, 0.1) is 0 Å². The summed E-state index contributed by atoms with van der Waals surface area (Å²) in [6, 6.07) is 13.3. The number of carbonyl (C=O) groups is 1. The first-order valence-corrected chi connectivity index (χ1v) is 11.5. The van der Waals surface area contributed by atoms with E-state index < -0.39 is 0 Å². The smallest absolute Gasteiger partial charge is 0.248 e. The van der Waals surface area contributed by atoms with Crippen LogP contribution in [-0.4, -0.2) is 34.4 Å². The predicted molar refractivity (Wildman–Crippen MR) is 129 cm³/mol. The van der Waals surface area contributed by atoms with E-state index >= 15 is 0 Å². The van der Waals surface area contributed by atoms with Gasteiger partial charge in [0.25, 0.3) is 0 Å². The first-order valence-electron chi connectivity index (χ1n) is 11.5. The molecule has 7 nitrogen and oxygen atoms in total. The number of aromatic nitrogens is 3. The largest absolute Gasteiger partial charge is 0.493 e. The maximum atomic E-state index is 12.5. The fraction of sp³-hybridized carbons (Fsp3) is 0.346. The van der Waals surface area contributed by atoms with Crippen molar-refractivity contribution in [2.75, 3.05) is 19.0 Å². The molecule has 0 saturated heterocycles. The Labute approximate surface area is 194 Å². The van der Waals surface area contributed by atoms with E-state index in [4.69, 9.17) is 9.47 Å². The van der Waals surface area contributed by atoms with Crippen molar-refractivity contribution in [2.45, 2.75) is 45.6 Å². The number of amides is 1. The first kappa shape index (κ1) is 22.6. The number of hydrogen-bond donors (Lipinski definition) is 1. The van der Waals surface area contributed by atoms with Gasteiger partial charge in [0.05, 0.1) is 13.7 Å². The molecule has 1 aliphatic rings. The van der Waals surface area contributed by atoms with Gasteiger partial charge < -0.3 is 19.4 Å². The van der Waals surface area contributed by atoms with E-state index in [1.807, 2.05) is 42.5 Å². The van der Waals surface area contributed by atoms with Crippen molar-refractivity contribution in [1.82, 2.24) is 14.8 Å². The molecule has 0 saturated carbocycles. The van der Waals surface area contributed by atoms with E-state index in [-0.39, 0.29) is 5.91 Å². The van der Waals surface area contributed by atoms with Crippen LogP contribution in [0.1, 0.15) is 44.0 Å². The summed E-state index contributed by atoms with van der Waals surface area (Å²) in [7, 11) is 1.61. The second kappa shape index (κ2) is 10.8. The molecule has 1 amide bonds. The molecule has 0 spiro atoms. The molecule has 0 atom stereocenters. The Kier molecular flexibility index (Phi) is 7.40. The number of carbonyl (C=O) groups excluding carboxylic acids is 1. The van der Waals surface area contributed by atoms with Crippen LogP contribution in [0.2, 0.25) is 0 Å². The number of fused-ring (bicyclic) bond motifs is 1. The predicted octanol–water partition coefficient (Wildman–Crippen LogP) is 5.12. The van der Waals surface area contributed by atoms with E-state index in [0.29, 0.717) is 23.8 Å². The molecule has 1 aliphatic heterocycles. The highest BCUT2D eigenvalue weighted by atomic mass is 16.5. The van der Waals surface area contributed by atoms with Gasteiger partial charge in [0, 0.05) is 30.3 Å². The summed E-state index contributed by atoms with van der Waals surface area (Å²) >= 11 is 0. The molecule has 2 heterocycles. The average Bonchev–Trinajstić information content (AvgIpc) is 3.10. The zero-order valence-corrected chi connectivity index (χ0v) is 19.2. The number of anilines is 1. The number of ether oxygens (including phenoxy) is 2. The molecule has 2 aromatic carbocycles. The Balaban J connectivity index is 1.44. The highest BCUT2D eigenvalue weighted by molar-refractivity contribution is 6.02. The lowest BCUT2D eigenvalue weighted by Gasteiger charge is -2.10. The Bertz CT molecular complexity index is 1140. The van der Waals surface area contributed by atoms with Gasteiger partial charge in [-0.25, -0.2) is 0 Å². The fourth-order valence-corrected chi connectivity index (χ4v) is 3.91. The summed E-state index contributed by atoms with van der Waals surface area (Å²) in [6.07, 6.45) is 8.65. The number of rotatable bonds is 8. The molecular weight excluding hydrogens is 416 g/mol. The second-order valence-electron chi connectivity index (χ2n) is 8.06. The van der Waals surface area contributed by atoms with Crippen molar-refractivity contribution in [3.8, 4) is 22.9 Å². The van der Waals surface area contributed by atoms with E-state index in [1.54, 1.807) is 13.2 Å². The standard InChI is InChI=1S/C26H30N4O3/c1-3-16-33-22-13-11-19(17-23(22)32-2)12-14-25(31)27-21-9-7-8-20(18-21)26-29-28-24-10-5-4-6-15-30(24)26/h7-9,11-14,17-18H,3-6,10,15-16H2,1-2H3,(H,27,31)/b14-12+. The van der Waals surface area contributed by atoms with Crippen LogP contribution in [0.4, 0.5) is 5.69 Å². The van der Waals surface area contributed by atoms with E-state index in [1.165, 1.54) is 12.5 Å². The van der Waals surface area contributed by atoms with Crippen LogP contribution in [0.15, 0.2) is 48.5 Å². The van der Waals surface area contributed by atoms with Gasteiger partial charge in [0.1, 0.15) is 5.82 Å². The van der Waals surface area contributed by atoms with Gasteiger partial charge in [-0.2, -0.15) is 0 Å². The summed E-state index contributed by atoms with van der Waals surface area (Å²) in [6.45, 7) is 3.62. The minimum Gasteiger partial charge on any atom is -0.493 e. The molecule has 0 unspecified atom stereocenters. The van der Waals surface area contributed by atoms with Crippen LogP contribution in [0.5, 0.6) is 11.5 Å². The molecule has 0 radical (unpaired) electrons. The van der Waals surface area contributed by atoms with Gasteiger partial charge in [-0.05, 0) is 55.2 Å².